The van der Waals surface area contributed by atoms with Crippen molar-refractivity contribution in [1.29, 1.82) is 0 Å². The molecule has 0 radical (unpaired) electrons. The maximum absolute atomic E-state index is 14.1. The van der Waals surface area contributed by atoms with Crippen molar-refractivity contribution in [2.75, 3.05) is 0 Å². The zero-order chi connectivity index (χ0) is 19.8. The van der Waals surface area contributed by atoms with E-state index in [0.29, 0.717) is 28.0 Å². The van der Waals surface area contributed by atoms with Crippen LogP contribution in [0.5, 0.6) is 0 Å². The van der Waals surface area contributed by atoms with E-state index in [1.807, 2.05) is 6.92 Å². The maximum Gasteiger partial charge on any atom is 0.336 e. The second-order valence-corrected chi connectivity index (χ2v) is 6.39. The summed E-state index contributed by atoms with van der Waals surface area (Å²) < 4.78 is 27.6. The molecule has 0 spiro atoms. The molecule has 0 aliphatic heterocycles. The quantitative estimate of drug-likeness (QED) is 0.531. The van der Waals surface area contributed by atoms with E-state index >= 15 is 0 Å². The number of halogens is 2. The van der Waals surface area contributed by atoms with Crippen LogP contribution in [-0.2, 0) is 0 Å². The van der Waals surface area contributed by atoms with Gasteiger partial charge in [0.1, 0.15) is 11.6 Å². The Bertz CT molecular complexity index is 1240. The van der Waals surface area contributed by atoms with Gasteiger partial charge in [-0.05, 0) is 48.9 Å². The van der Waals surface area contributed by atoms with Gasteiger partial charge in [0.2, 0.25) is 0 Å². The van der Waals surface area contributed by atoms with E-state index in [-0.39, 0.29) is 16.8 Å². The molecule has 138 valence electrons. The Kier molecular flexibility index (Phi) is 4.31. The van der Waals surface area contributed by atoms with Crippen LogP contribution in [0.1, 0.15) is 15.9 Å². The number of pyridine rings is 2. The van der Waals surface area contributed by atoms with Gasteiger partial charge in [0.15, 0.2) is 0 Å². The fraction of sp³-hybridized carbons (Fsp3) is 0.0455. The number of aromatic nitrogens is 2. The minimum atomic E-state index is -1.18. The van der Waals surface area contributed by atoms with E-state index in [9.17, 15) is 18.7 Å². The number of hydrogen-bond donors (Lipinski definition) is 1. The van der Waals surface area contributed by atoms with Gasteiger partial charge in [0.05, 0.1) is 22.5 Å². The van der Waals surface area contributed by atoms with Gasteiger partial charge in [0, 0.05) is 22.7 Å². The molecule has 0 saturated carbocycles. The van der Waals surface area contributed by atoms with E-state index in [4.69, 9.17) is 0 Å². The standard InChI is InChI=1S/C22H14F2N2O2/c1-12-8-20(25-11-17(12)14-4-2-3-5-18(14)24)21-10-16(22(27)28)15-9-13(23)6-7-19(15)26-21/h2-11H,1H3,(H,27,28). The molecule has 0 unspecified atom stereocenters. The Balaban J connectivity index is 1.87. The molecule has 0 aliphatic rings. The molecular formula is C22H14F2N2O2. The fourth-order valence-electron chi connectivity index (χ4n) is 3.16. The molecule has 0 fully saturated rings. The third kappa shape index (κ3) is 3.09. The first kappa shape index (κ1) is 17.7. The zero-order valence-electron chi connectivity index (χ0n) is 14.8. The van der Waals surface area contributed by atoms with E-state index in [0.717, 1.165) is 11.6 Å². The summed E-state index contributed by atoms with van der Waals surface area (Å²) >= 11 is 0. The summed E-state index contributed by atoms with van der Waals surface area (Å²) in [4.78, 5) is 20.4. The molecule has 2 aromatic carbocycles. The minimum Gasteiger partial charge on any atom is -0.478 e. The molecule has 6 heteroatoms. The van der Waals surface area contributed by atoms with Crippen LogP contribution in [0.25, 0.3) is 33.4 Å². The van der Waals surface area contributed by atoms with Crippen LogP contribution in [0, 0.1) is 18.6 Å². The number of carbonyl (C=O) groups is 1. The van der Waals surface area contributed by atoms with Crippen LogP contribution in [0.3, 0.4) is 0 Å². The second-order valence-electron chi connectivity index (χ2n) is 6.39. The molecule has 2 heterocycles. The molecule has 4 rings (SSSR count). The van der Waals surface area contributed by atoms with Crippen molar-refractivity contribution in [3.8, 4) is 22.5 Å². The summed E-state index contributed by atoms with van der Waals surface area (Å²) in [6, 6.07) is 13.3. The van der Waals surface area contributed by atoms with Crippen molar-refractivity contribution < 1.29 is 18.7 Å². The average molecular weight is 376 g/mol. The summed E-state index contributed by atoms with van der Waals surface area (Å²) in [5.74, 6) is -2.06. The highest BCUT2D eigenvalue weighted by molar-refractivity contribution is 6.03. The monoisotopic (exact) mass is 376 g/mol. The molecule has 4 aromatic rings. The molecule has 28 heavy (non-hydrogen) atoms. The first-order valence-electron chi connectivity index (χ1n) is 8.49. The Morgan fingerprint density at radius 3 is 2.46 bits per heavy atom. The van der Waals surface area contributed by atoms with Crippen molar-refractivity contribution in [2.45, 2.75) is 6.92 Å². The van der Waals surface area contributed by atoms with Crippen LogP contribution < -0.4 is 0 Å². The lowest BCUT2D eigenvalue weighted by atomic mass is 10.0. The summed E-state index contributed by atoms with van der Waals surface area (Å²) in [5, 5.41) is 9.73. The highest BCUT2D eigenvalue weighted by atomic mass is 19.1. The number of nitrogens with zero attached hydrogens (tertiary/aromatic N) is 2. The van der Waals surface area contributed by atoms with Crippen LogP contribution >= 0.6 is 0 Å². The Labute approximate surface area is 159 Å². The van der Waals surface area contributed by atoms with Gasteiger partial charge in [-0.15, -0.1) is 0 Å². The Morgan fingerprint density at radius 2 is 1.75 bits per heavy atom. The smallest absolute Gasteiger partial charge is 0.336 e. The van der Waals surface area contributed by atoms with Crippen molar-refractivity contribution in [2.24, 2.45) is 0 Å². The molecule has 4 nitrogen and oxygen atoms in total. The predicted octanol–water partition coefficient (Wildman–Crippen LogP) is 5.25. The predicted molar refractivity (Wildman–Crippen MR) is 102 cm³/mol. The lowest BCUT2D eigenvalue weighted by molar-refractivity contribution is 0.0699. The first-order valence-corrected chi connectivity index (χ1v) is 8.49. The lowest BCUT2D eigenvalue weighted by Crippen LogP contribution is -2.01. The maximum atomic E-state index is 14.1. The van der Waals surface area contributed by atoms with E-state index in [1.54, 1.807) is 30.5 Å². The van der Waals surface area contributed by atoms with Crippen LogP contribution in [0.2, 0.25) is 0 Å². The summed E-state index contributed by atoms with van der Waals surface area (Å²) in [6.07, 6.45) is 1.54. The van der Waals surface area contributed by atoms with E-state index in [2.05, 4.69) is 9.97 Å². The van der Waals surface area contributed by atoms with E-state index in [1.165, 1.54) is 24.3 Å². The number of hydrogen-bond acceptors (Lipinski definition) is 3. The lowest BCUT2D eigenvalue weighted by Gasteiger charge is -2.10. The third-order valence-electron chi connectivity index (χ3n) is 4.54. The number of fused-ring (bicyclic) bond motifs is 1. The number of carboxylic acid groups (broad SMARTS) is 1. The van der Waals surface area contributed by atoms with Crippen LogP contribution in [-0.4, -0.2) is 21.0 Å². The fourth-order valence-corrected chi connectivity index (χ4v) is 3.16. The molecule has 2 aromatic heterocycles. The largest absolute Gasteiger partial charge is 0.478 e. The molecule has 0 aliphatic carbocycles. The topological polar surface area (TPSA) is 63.1 Å². The normalized spacial score (nSPS) is 11.0. The molecule has 1 N–H and O–H groups in total. The van der Waals surface area contributed by atoms with Crippen LogP contribution in [0.15, 0.2) is 60.8 Å². The number of benzene rings is 2. The molecular weight excluding hydrogens is 362 g/mol. The van der Waals surface area contributed by atoms with Gasteiger partial charge >= 0.3 is 5.97 Å². The second kappa shape index (κ2) is 6.81. The van der Waals surface area contributed by atoms with Crippen LogP contribution in [0.4, 0.5) is 8.78 Å². The van der Waals surface area contributed by atoms with Crippen molar-refractivity contribution >= 4 is 16.9 Å². The SMILES string of the molecule is Cc1cc(-c2cc(C(=O)O)c3cc(F)ccc3n2)ncc1-c1ccccc1F. The Morgan fingerprint density at radius 1 is 0.964 bits per heavy atom. The van der Waals surface area contributed by atoms with Crippen molar-refractivity contribution in [3.05, 3.63) is 83.6 Å². The van der Waals surface area contributed by atoms with Gasteiger partial charge in [-0.1, -0.05) is 18.2 Å². The summed E-state index contributed by atoms with van der Waals surface area (Å²) in [5.41, 5.74) is 2.94. The van der Waals surface area contributed by atoms with Crippen molar-refractivity contribution in [1.82, 2.24) is 9.97 Å². The highest BCUT2D eigenvalue weighted by Crippen LogP contribution is 2.29. The summed E-state index contributed by atoms with van der Waals surface area (Å²) in [7, 11) is 0. The molecule has 0 bridgehead atoms. The number of aryl methyl sites for hydroxylation is 1. The molecule has 0 saturated heterocycles. The van der Waals surface area contributed by atoms with Crippen molar-refractivity contribution in [3.63, 3.8) is 0 Å². The zero-order valence-corrected chi connectivity index (χ0v) is 14.8. The summed E-state index contributed by atoms with van der Waals surface area (Å²) in [6.45, 7) is 1.82. The Hall–Kier alpha value is -3.67. The minimum absolute atomic E-state index is 0.0582. The number of aromatic carboxylic acids is 1. The number of carboxylic acids is 1. The first-order chi connectivity index (χ1) is 13.4. The van der Waals surface area contributed by atoms with Gasteiger partial charge in [-0.25, -0.2) is 18.6 Å². The van der Waals surface area contributed by atoms with Gasteiger partial charge in [-0.2, -0.15) is 0 Å². The van der Waals surface area contributed by atoms with Gasteiger partial charge in [0.25, 0.3) is 0 Å². The van der Waals surface area contributed by atoms with E-state index < -0.39 is 11.8 Å². The molecule has 0 amide bonds. The number of rotatable bonds is 3. The third-order valence-corrected chi connectivity index (χ3v) is 4.54. The average Bonchev–Trinajstić information content (AvgIpc) is 2.67. The highest BCUT2D eigenvalue weighted by Gasteiger charge is 2.16. The van der Waals surface area contributed by atoms with Gasteiger partial charge < -0.3 is 5.11 Å². The van der Waals surface area contributed by atoms with Gasteiger partial charge in [-0.3, -0.25) is 4.98 Å². The molecule has 0 atom stereocenters.